The van der Waals surface area contributed by atoms with E-state index >= 15 is 0 Å². The van der Waals surface area contributed by atoms with Crippen LogP contribution >= 0.6 is 0 Å². The molecular weight excluding hydrogens is 148 g/mol. The summed E-state index contributed by atoms with van der Waals surface area (Å²) in [7, 11) is 0. The fraction of sp³-hybridized carbons (Fsp3) is 1.00. The van der Waals surface area contributed by atoms with E-state index in [1.54, 1.807) is 0 Å². The monoisotopic (exact) mass is 172 g/mol. The summed E-state index contributed by atoms with van der Waals surface area (Å²) in [5, 5.41) is 0. The van der Waals surface area contributed by atoms with E-state index in [0.717, 1.165) is 13.2 Å². The summed E-state index contributed by atoms with van der Waals surface area (Å²) in [6.45, 7) is 10.8. The third-order valence-electron chi connectivity index (χ3n) is 2.06. The highest BCUT2D eigenvalue weighted by molar-refractivity contribution is 4.66. The molecular formula is C11H24O. The van der Waals surface area contributed by atoms with Crippen molar-refractivity contribution in [1.82, 2.24) is 0 Å². The van der Waals surface area contributed by atoms with Crippen LogP contribution in [-0.4, -0.2) is 13.2 Å². The molecule has 0 aromatic heterocycles. The Balaban J connectivity index is 3.33. The van der Waals surface area contributed by atoms with Crippen molar-refractivity contribution >= 4 is 0 Å². The van der Waals surface area contributed by atoms with E-state index in [4.69, 9.17) is 4.74 Å². The van der Waals surface area contributed by atoms with Gasteiger partial charge in [-0.2, -0.15) is 0 Å². The summed E-state index contributed by atoms with van der Waals surface area (Å²) in [6, 6.07) is 0. The molecule has 74 valence electrons. The first-order valence-corrected chi connectivity index (χ1v) is 5.20. The SMILES string of the molecule is CCCCOCC(C)(C)CCC. The highest BCUT2D eigenvalue weighted by Crippen LogP contribution is 2.22. The molecule has 0 spiro atoms. The molecule has 0 saturated carbocycles. The maximum atomic E-state index is 5.59. The smallest absolute Gasteiger partial charge is 0.0517 e. The average Bonchev–Trinajstić information content (AvgIpc) is 1.98. The Morgan fingerprint density at radius 2 is 1.75 bits per heavy atom. The van der Waals surface area contributed by atoms with Crippen molar-refractivity contribution < 1.29 is 4.74 Å². The normalized spacial score (nSPS) is 12.0. The molecule has 0 aromatic rings. The Kier molecular flexibility index (Phi) is 6.45. The Morgan fingerprint density at radius 3 is 2.25 bits per heavy atom. The number of hydrogen-bond acceptors (Lipinski definition) is 1. The lowest BCUT2D eigenvalue weighted by Gasteiger charge is -2.23. The van der Waals surface area contributed by atoms with Crippen LogP contribution in [0.25, 0.3) is 0 Å². The van der Waals surface area contributed by atoms with Crippen molar-refractivity contribution in [2.45, 2.75) is 53.4 Å². The van der Waals surface area contributed by atoms with Crippen LogP contribution < -0.4 is 0 Å². The van der Waals surface area contributed by atoms with E-state index in [1.165, 1.54) is 25.7 Å². The molecule has 0 unspecified atom stereocenters. The van der Waals surface area contributed by atoms with Crippen LogP contribution in [0.4, 0.5) is 0 Å². The topological polar surface area (TPSA) is 9.23 Å². The van der Waals surface area contributed by atoms with E-state index in [9.17, 15) is 0 Å². The summed E-state index contributed by atoms with van der Waals surface area (Å²) in [5.74, 6) is 0. The molecule has 0 N–H and O–H groups in total. The van der Waals surface area contributed by atoms with Gasteiger partial charge >= 0.3 is 0 Å². The number of ether oxygens (including phenoxy) is 1. The quantitative estimate of drug-likeness (QED) is 0.533. The molecule has 0 heterocycles. The number of unbranched alkanes of at least 4 members (excludes halogenated alkanes) is 1. The molecule has 0 bridgehead atoms. The average molecular weight is 172 g/mol. The van der Waals surface area contributed by atoms with Gasteiger partial charge in [-0.3, -0.25) is 0 Å². The fourth-order valence-electron chi connectivity index (χ4n) is 1.34. The molecule has 0 fully saturated rings. The first kappa shape index (κ1) is 12.0. The van der Waals surface area contributed by atoms with E-state index in [1.807, 2.05) is 0 Å². The van der Waals surface area contributed by atoms with Crippen LogP contribution in [0.15, 0.2) is 0 Å². The zero-order valence-electron chi connectivity index (χ0n) is 9.15. The van der Waals surface area contributed by atoms with Gasteiger partial charge in [0.05, 0.1) is 6.61 Å². The first-order chi connectivity index (χ1) is 5.62. The van der Waals surface area contributed by atoms with Gasteiger partial charge < -0.3 is 4.74 Å². The standard InChI is InChI=1S/C11H24O/c1-5-7-9-12-10-11(3,4)8-6-2/h5-10H2,1-4H3. The molecule has 0 amide bonds. The molecule has 1 nitrogen and oxygen atoms in total. The Labute approximate surface area is 77.5 Å². The van der Waals surface area contributed by atoms with Crippen LogP contribution in [0.5, 0.6) is 0 Å². The van der Waals surface area contributed by atoms with Crippen LogP contribution in [0, 0.1) is 5.41 Å². The van der Waals surface area contributed by atoms with Gasteiger partial charge in [0, 0.05) is 6.61 Å². The summed E-state index contributed by atoms with van der Waals surface area (Å²) in [4.78, 5) is 0. The van der Waals surface area contributed by atoms with E-state index < -0.39 is 0 Å². The fourth-order valence-corrected chi connectivity index (χ4v) is 1.34. The van der Waals surface area contributed by atoms with Gasteiger partial charge in [-0.1, -0.05) is 40.5 Å². The summed E-state index contributed by atoms with van der Waals surface area (Å²) >= 11 is 0. The predicted molar refractivity (Wildman–Crippen MR) is 54.4 cm³/mol. The van der Waals surface area contributed by atoms with Crippen LogP contribution in [0.2, 0.25) is 0 Å². The van der Waals surface area contributed by atoms with Gasteiger partial charge in [-0.05, 0) is 18.3 Å². The maximum absolute atomic E-state index is 5.59. The third-order valence-corrected chi connectivity index (χ3v) is 2.06. The summed E-state index contributed by atoms with van der Waals surface area (Å²) in [6.07, 6.45) is 4.94. The van der Waals surface area contributed by atoms with Gasteiger partial charge in [0.1, 0.15) is 0 Å². The molecule has 0 saturated heterocycles. The van der Waals surface area contributed by atoms with Crippen LogP contribution in [0.1, 0.15) is 53.4 Å². The van der Waals surface area contributed by atoms with Crippen molar-refractivity contribution in [2.24, 2.45) is 5.41 Å². The lowest BCUT2D eigenvalue weighted by molar-refractivity contribution is 0.0558. The molecule has 0 rings (SSSR count). The molecule has 0 radical (unpaired) electrons. The van der Waals surface area contributed by atoms with Gasteiger partial charge in [0.25, 0.3) is 0 Å². The van der Waals surface area contributed by atoms with E-state index in [2.05, 4.69) is 27.7 Å². The molecule has 0 atom stereocenters. The minimum absolute atomic E-state index is 0.377. The summed E-state index contributed by atoms with van der Waals surface area (Å²) in [5.41, 5.74) is 0.377. The molecule has 0 aliphatic rings. The van der Waals surface area contributed by atoms with Crippen molar-refractivity contribution in [3.8, 4) is 0 Å². The zero-order valence-corrected chi connectivity index (χ0v) is 9.15. The first-order valence-electron chi connectivity index (χ1n) is 5.20. The highest BCUT2D eigenvalue weighted by Gasteiger charge is 2.15. The van der Waals surface area contributed by atoms with Crippen LogP contribution in [0.3, 0.4) is 0 Å². The Bertz CT molecular complexity index is 97.2. The van der Waals surface area contributed by atoms with Crippen molar-refractivity contribution in [2.75, 3.05) is 13.2 Å². The molecule has 0 aliphatic heterocycles. The Morgan fingerprint density at radius 1 is 1.08 bits per heavy atom. The third kappa shape index (κ3) is 6.66. The van der Waals surface area contributed by atoms with Gasteiger partial charge in [-0.15, -0.1) is 0 Å². The lowest BCUT2D eigenvalue weighted by Crippen LogP contribution is -2.19. The molecule has 12 heavy (non-hydrogen) atoms. The minimum Gasteiger partial charge on any atom is -0.381 e. The molecule has 0 aromatic carbocycles. The lowest BCUT2D eigenvalue weighted by atomic mass is 9.89. The second kappa shape index (κ2) is 6.47. The van der Waals surface area contributed by atoms with Crippen molar-refractivity contribution in [3.05, 3.63) is 0 Å². The minimum atomic E-state index is 0.377. The van der Waals surface area contributed by atoms with E-state index in [-0.39, 0.29) is 0 Å². The highest BCUT2D eigenvalue weighted by atomic mass is 16.5. The van der Waals surface area contributed by atoms with Crippen molar-refractivity contribution in [3.63, 3.8) is 0 Å². The number of hydrogen-bond donors (Lipinski definition) is 0. The molecule has 0 aliphatic carbocycles. The van der Waals surface area contributed by atoms with E-state index in [0.29, 0.717) is 5.41 Å². The predicted octanol–water partition coefficient (Wildman–Crippen LogP) is 3.63. The second-order valence-corrected chi connectivity index (χ2v) is 4.32. The van der Waals surface area contributed by atoms with Gasteiger partial charge in [0.2, 0.25) is 0 Å². The Hall–Kier alpha value is -0.0400. The zero-order chi connectivity index (χ0) is 9.45. The van der Waals surface area contributed by atoms with Crippen LogP contribution in [-0.2, 0) is 4.74 Å². The maximum Gasteiger partial charge on any atom is 0.0517 e. The summed E-state index contributed by atoms with van der Waals surface area (Å²) < 4.78 is 5.59. The van der Waals surface area contributed by atoms with Gasteiger partial charge in [0.15, 0.2) is 0 Å². The second-order valence-electron chi connectivity index (χ2n) is 4.32. The van der Waals surface area contributed by atoms with Gasteiger partial charge in [-0.25, -0.2) is 0 Å². The number of rotatable bonds is 7. The van der Waals surface area contributed by atoms with Crippen molar-refractivity contribution in [1.29, 1.82) is 0 Å². The largest absolute Gasteiger partial charge is 0.381 e. The molecule has 1 heteroatoms.